The van der Waals surface area contributed by atoms with Gasteiger partial charge in [0.05, 0.1) is 23.2 Å². The number of carbonyl (C=O) groups is 1. The van der Waals surface area contributed by atoms with Gasteiger partial charge in [-0.15, -0.1) is 0 Å². The van der Waals surface area contributed by atoms with E-state index in [2.05, 4.69) is 9.46 Å². The fourth-order valence-electron chi connectivity index (χ4n) is 1.47. The van der Waals surface area contributed by atoms with Gasteiger partial charge in [-0.25, -0.2) is 17.9 Å². The molecule has 0 aliphatic rings. The molecule has 8 nitrogen and oxygen atoms in total. The number of benzene rings is 1. The number of nitrogens with two attached hydrogens (primary N) is 1. The number of ether oxygens (including phenoxy) is 1. The average molecular weight is 304 g/mol. The van der Waals surface area contributed by atoms with Crippen molar-refractivity contribution < 1.29 is 28.2 Å². The van der Waals surface area contributed by atoms with Crippen LogP contribution >= 0.6 is 0 Å². The molecule has 1 atom stereocenters. The van der Waals surface area contributed by atoms with Gasteiger partial charge >= 0.3 is 5.97 Å². The first-order valence-electron chi connectivity index (χ1n) is 5.57. The summed E-state index contributed by atoms with van der Waals surface area (Å²) >= 11 is 0. The van der Waals surface area contributed by atoms with Gasteiger partial charge in [0.1, 0.15) is 0 Å². The summed E-state index contributed by atoms with van der Waals surface area (Å²) in [5.41, 5.74) is 5.20. The van der Waals surface area contributed by atoms with Crippen LogP contribution in [0.3, 0.4) is 0 Å². The lowest BCUT2D eigenvalue weighted by Crippen LogP contribution is -2.35. The van der Waals surface area contributed by atoms with Crippen molar-refractivity contribution >= 4 is 21.7 Å². The maximum Gasteiger partial charge on any atom is 0.337 e. The van der Waals surface area contributed by atoms with Crippen molar-refractivity contribution in [3.63, 3.8) is 0 Å². The fourth-order valence-corrected chi connectivity index (χ4v) is 2.78. The third-order valence-electron chi connectivity index (χ3n) is 2.39. The van der Waals surface area contributed by atoms with Gasteiger partial charge in [0.15, 0.2) is 0 Å². The van der Waals surface area contributed by atoms with Crippen LogP contribution in [0.4, 0.5) is 5.69 Å². The summed E-state index contributed by atoms with van der Waals surface area (Å²) in [4.78, 5) is 10.6. The van der Waals surface area contributed by atoms with E-state index in [-0.39, 0.29) is 18.8 Å². The normalized spacial score (nSPS) is 13.1. The van der Waals surface area contributed by atoms with Gasteiger partial charge in [0, 0.05) is 19.3 Å². The van der Waals surface area contributed by atoms with Crippen LogP contribution in [0.5, 0.6) is 0 Å². The zero-order valence-corrected chi connectivity index (χ0v) is 11.6. The Morgan fingerprint density at radius 3 is 2.70 bits per heavy atom. The van der Waals surface area contributed by atoms with Gasteiger partial charge in [-0.05, 0) is 18.2 Å². The number of carboxylic acids is 1. The number of aliphatic hydroxyl groups excluding tert-OH is 1. The zero-order chi connectivity index (χ0) is 15.3. The minimum Gasteiger partial charge on any atom is -0.478 e. The summed E-state index contributed by atoms with van der Waals surface area (Å²) in [6.45, 7) is -0.352. The molecule has 1 rings (SSSR count). The molecule has 0 spiro atoms. The predicted molar refractivity (Wildman–Crippen MR) is 70.9 cm³/mol. The quantitative estimate of drug-likeness (QED) is 0.486. The summed E-state index contributed by atoms with van der Waals surface area (Å²) in [6, 6.07) is 3.45. The Labute approximate surface area is 116 Å². The number of nitrogen functional groups attached to an aromatic ring is 1. The van der Waals surface area contributed by atoms with E-state index < -0.39 is 32.6 Å². The van der Waals surface area contributed by atoms with Crippen LogP contribution in [0, 0.1) is 0 Å². The van der Waals surface area contributed by atoms with E-state index in [0.29, 0.717) is 0 Å². The van der Waals surface area contributed by atoms with Crippen LogP contribution in [0.2, 0.25) is 0 Å². The number of anilines is 1. The molecule has 5 N–H and O–H groups in total. The maximum atomic E-state index is 12.0. The van der Waals surface area contributed by atoms with E-state index in [1.54, 1.807) is 0 Å². The molecule has 1 aromatic carbocycles. The van der Waals surface area contributed by atoms with E-state index in [9.17, 15) is 18.3 Å². The summed E-state index contributed by atoms with van der Waals surface area (Å²) in [5, 5.41) is 18.4. The standard InChI is InChI=1S/C11H16N2O6S/c1-19-6-8(14)5-13-20(17,18)10-4-7(12)2-3-9(10)11(15)16/h2-4,8,13-14H,5-6,12H2,1H3,(H,15,16). The van der Waals surface area contributed by atoms with Crippen LogP contribution < -0.4 is 10.5 Å². The van der Waals surface area contributed by atoms with E-state index >= 15 is 0 Å². The second-order valence-corrected chi connectivity index (χ2v) is 5.76. The summed E-state index contributed by atoms with van der Waals surface area (Å²) in [6.07, 6.45) is -1.04. The minimum atomic E-state index is -4.10. The highest BCUT2D eigenvalue weighted by molar-refractivity contribution is 7.89. The molecule has 0 aliphatic heterocycles. The number of hydrogen-bond acceptors (Lipinski definition) is 6. The first-order valence-corrected chi connectivity index (χ1v) is 7.05. The van der Waals surface area contributed by atoms with Gasteiger partial charge in [0.25, 0.3) is 0 Å². The van der Waals surface area contributed by atoms with Crippen molar-refractivity contribution in [1.29, 1.82) is 0 Å². The second-order valence-electron chi connectivity index (χ2n) is 4.02. The number of nitrogens with one attached hydrogen (secondary N) is 1. The number of methoxy groups -OCH3 is 1. The molecule has 0 bridgehead atoms. The number of aliphatic hydroxyl groups is 1. The molecule has 0 saturated heterocycles. The maximum absolute atomic E-state index is 12.0. The lowest BCUT2D eigenvalue weighted by molar-refractivity contribution is 0.0679. The van der Waals surface area contributed by atoms with Gasteiger partial charge in [-0.3, -0.25) is 0 Å². The highest BCUT2D eigenvalue weighted by Gasteiger charge is 2.23. The third kappa shape index (κ3) is 4.17. The van der Waals surface area contributed by atoms with Gasteiger partial charge < -0.3 is 20.7 Å². The third-order valence-corrected chi connectivity index (χ3v) is 3.86. The van der Waals surface area contributed by atoms with E-state index in [1.807, 2.05) is 0 Å². The van der Waals surface area contributed by atoms with Crippen molar-refractivity contribution in [2.75, 3.05) is 26.0 Å². The van der Waals surface area contributed by atoms with Crippen molar-refractivity contribution in [2.24, 2.45) is 0 Å². The van der Waals surface area contributed by atoms with Crippen molar-refractivity contribution in [3.05, 3.63) is 23.8 Å². The summed E-state index contributed by atoms with van der Waals surface area (Å²) < 4.78 is 30.8. The van der Waals surface area contributed by atoms with Crippen molar-refractivity contribution in [1.82, 2.24) is 4.72 Å². The SMILES string of the molecule is COCC(O)CNS(=O)(=O)c1cc(N)ccc1C(=O)O. The molecule has 0 heterocycles. The molecule has 0 aliphatic carbocycles. The molecule has 1 unspecified atom stereocenters. The largest absolute Gasteiger partial charge is 0.478 e. The highest BCUT2D eigenvalue weighted by atomic mass is 32.2. The Hall–Kier alpha value is -1.68. The number of aromatic carboxylic acids is 1. The Morgan fingerprint density at radius 2 is 2.15 bits per heavy atom. The lowest BCUT2D eigenvalue weighted by atomic mass is 10.2. The zero-order valence-electron chi connectivity index (χ0n) is 10.7. The Kier molecular flexibility index (Phi) is 5.45. The molecule has 1 aromatic rings. The molecule has 112 valence electrons. The van der Waals surface area contributed by atoms with Crippen LogP contribution in [0.1, 0.15) is 10.4 Å². The first kappa shape index (κ1) is 16.4. The molecule has 0 saturated carbocycles. The Balaban J connectivity index is 3.03. The van der Waals surface area contributed by atoms with Crippen LogP contribution in [-0.4, -0.2) is 51.0 Å². The topological polar surface area (TPSA) is 139 Å². The monoisotopic (exact) mass is 304 g/mol. The molecular weight excluding hydrogens is 288 g/mol. The minimum absolute atomic E-state index is 0.0504. The molecule has 0 radical (unpaired) electrons. The van der Waals surface area contributed by atoms with Crippen LogP contribution in [0.15, 0.2) is 23.1 Å². The fraction of sp³-hybridized carbons (Fsp3) is 0.364. The smallest absolute Gasteiger partial charge is 0.337 e. The second kappa shape index (κ2) is 6.66. The Morgan fingerprint density at radius 1 is 1.50 bits per heavy atom. The number of carboxylic acid groups (broad SMARTS) is 1. The Bertz CT molecular complexity index is 587. The number of sulfonamides is 1. The summed E-state index contributed by atoms with van der Waals surface area (Å²) in [5.74, 6) is -1.39. The molecule has 9 heteroatoms. The van der Waals surface area contributed by atoms with E-state index in [1.165, 1.54) is 13.2 Å². The summed E-state index contributed by atoms with van der Waals surface area (Å²) in [7, 11) is -2.74. The van der Waals surface area contributed by atoms with Gasteiger partial charge in [-0.2, -0.15) is 0 Å². The average Bonchev–Trinajstić information content (AvgIpc) is 2.36. The number of hydrogen-bond donors (Lipinski definition) is 4. The molecular formula is C11H16N2O6S. The van der Waals surface area contributed by atoms with Crippen LogP contribution in [0.25, 0.3) is 0 Å². The van der Waals surface area contributed by atoms with Gasteiger partial charge in [-0.1, -0.05) is 0 Å². The van der Waals surface area contributed by atoms with Crippen molar-refractivity contribution in [3.8, 4) is 0 Å². The predicted octanol–water partition coefficient (Wildman–Crippen LogP) is -0.747. The number of rotatable bonds is 7. The molecule has 0 fully saturated rings. The first-order chi connectivity index (χ1) is 9.27. The van der Waals surface area contributed by atoms with E-state index in [0.717, 1.165) is 12.1 Å². The van der Waals surface area contributed by atoms with E-state index in [4.69, 9.17) is 10.8 Å². The van der Waals surface area contributed by atoms with Gasteiger partial charge in [0.2, 0.25) is 10.0 Å². The molecule has 20 heavy (non-hydrogen) atoms. The molecule has 0 amide bonds. The lowest BCUT2D eigenvalue weighted by Gasteiger charge is -2.13. The van der Waals surface area contributed by atoms with Crippen LogP contribution in [-0.2, 0) is 14.8 Å². The van der Waals surface area contributed by atoms with Crippen molar-refractivity contribution in [2.45, 2.75) is 11.0 Å². The molecule has 0 aromatic heterocycles. The highest BCUT2D eigenvalue weighted by Crippen LogP contribution is 2.19.